The van der Waals surface area contributed by atoms with Gasteiger partial charge in [-0.3, -0.25) is 9.78 Å². The minimum absolute atomic E-state index is 0.0157. The fourth-order valence-electron chi connectivity index (χ4n) is 2.46. The first-order valence-electron chi connectivity index (χ1n) is 8.16. The normalized spacial score (nSPS) is 10.3. The molecular formula is C21H20N2O2. The Labute approximate surface area is 147 Å². The van der Waals surface area contributed by atoms with Crippen LogP contribution in [-0.2, 0) is 11.3 Å². The van der Waals surface area contributed by atoms with Crippen LogP contribution < -0.4 is 9.64 Å². The van der Waals surface area contributed by atoms with E-state index < -0.39 is 0 Å². The standard InChI is InChI=1S/C21H20N2O2/c1-17-9-11-19(12-10-17)23(15-18-6-5-13-22-14-18)21(24)16-25-20-7-3-2-4-8-20/h2-14H,15-16H2,1H3. The van der Waals surface area contributed by atoms with Crippen LogP contribution in [0, 0.1) is 6.92 Å². The van der Waals surface area contributed by atoms with Crippen molar-refractivity contribution in [2.24, 2.45) is 0 Å². The molecule has 0 unspecified atom stereocenters. The minimum Gasteiger partial charge on any atom is -0.484 e. The number of amides is 1. The third-order valence-corrected chi connectivity index (χ3v) is 3.82. The molecule has 0 aliphatic rings. The summed E-state index contributed by atoms with van der Waals surface area (Å²) < 4.78 is 5.62. The van der Waals surface area contributed by atoms with Gasteiger partial charge in [0, 0.05) is 18.1 Å². The summed E-state index contributed by atoms with van der Waals surface area (Å²) in [6.07, 6.45) is 3.49. The number of aromatic nitrogens is 1. The molecule has 4 nitrogen and oxygen atoms in total. The van der Waals surface area contributed by atoms with Crippen LogP contribution in [0.15, 0.2) is 79.1 Å². The average Bonchev–Trinajstić information content (AvgIpc) is 2.67. The molecule has 3 rings (SSSR count). The van der Waals surface area contributed by atoms with Crippen LogP contribution in [0.5, 0.6) is 5.75 Å². The van der Waals surface area contributed by atoms with E-state index in [0.29, 0.717) is 12.3 Å². The Morgan fingerprint density at radius 1 is 1.00 bits per heavy atom. The monoisotopic (exact) mass is 332 g/mol. The molecule has 0 aliphatic heterocycles. The van der Waals surface area contributed by atoms with E-state index in [0.717, 1.165) is 16.8 Å². The maximum absolute atomic E-state index is 12.8. The third kappa shape index (κ3) is 4.67. The molecule has 0 N–H and O–H groups in total. The van der Waals surface area contributed by atoms with E-state index >= 15 is 0 Å². The molecule has 3 aromatic rings. The van der Waals surface area contributed by atoms with Crippen molar-refractivity contribution in [1.82, 2.24) is 4.98 Å². The molecule has 0 fully saturated rings. The van der Waals surface area contributed by atoms with Gasteiger partial charge in [0.05, 0.1) is 6.54 Å². The van der Waals surface area contributed by atoms with E-state index in [1.165, 1.54) is 0 Å². The Balaban J connectivity index is 1.77. The number of ether oxygens (including phenoxy) is 1. The van der Waals surface area contributed by atoms with Gasteiger partial charge in [0.15, 0.2) is 6.61 Å². The van der Waals surface area contributed by atoms with Gasteiger partial charge in [0.25, 0.3) is 5.91 Å². The summed E-state index contributed by atoms with van der Waals surface area (Å²) in [7, 11) is 0. The van der Waals surface area contributed by atoms with Gasteiger partial charge in [-0.2, -0.15) is 0 Å². The number of nitrogens with zero attached hydrogens (tertiary/aromatic N) is 2. The van der Waals surface area contributed by atoms with E-state index in [1.807, 2.05) is 73.7 Å². The molecular weight excluding hydrogens is 312 g/mol. The van der Waals surface area contributed by atoms with E-state index in [9.17, 15) is 4.79 Å². The Kier molecular flexibility index (Phi) is 5.42. The van der Waals surface area contributed by atoms with Crippen molar-refractivity contribution in [3.05, 3.63) is 90.3 Å². The van der Waals surface area contributed by atoms with Crippen molar-refractivity contribution < 1.29 is 9.53 Å². The number of hydrogen-bond acceptors (Lipinski definition) is 3. The van der Waals surface area contributed by atoms with E-state index in [4.69, 9.17) is 4.74 Å². The van der Waals surface area contributed by atoms with E-state index in [-0.39, 0.29) is 12.5 Å². The van der Waals surface area contributed by atoms with Crippen molar-refractivity contribution in [2.75, 3.05) is 11.5 Å². The lowest BCUT2D eigenvalue weighted by Gasteiger charge is -2.23. The summed E-state index contributed by atoms with van der Waals surface area (Å²) in [6, 6.07) is 21.1. The largest absolute Gasteiger partial charge is 0.484 e. The van der Waals surface area contributed by atoms with Crippen LogP contribution >= 0.6 is 0 Å². The lowest BCUT2D eigenvalue weighted by Crippen LogP contribution is -2.34. The number of carbonyl (C=O) groups excluding carboxylic acids is 1. The van der Waals surface area contributed by atoms with Crippen LogP contribution in [0.4, 0.5) is 5.69 Å². The zero-order valence-corrected chi connectivity index (χ0v) is 14.1. The molecule has 1 aromatic heterocycles. The quantitative estimate of drug-likeness (QED) is 0.685. The lowest BCUT2D eigenvalue weighted by atomic mass is 10.2. The number of pyridine rings is 1. The van der Waals surface area contributed by atoms with E-state index in [1.54, 1.807) is 17.3 Å². The summed E-state index contributed by atoms with van der Waals surface area (Å²) in [5, 5.41) is 0. The van der Waals surface area contributed by atoms with Crippen molar-refractivity contribution in [3.63, 3.8) is 0 Å². The summed E-state index contributed by atoms with van der Waals surface area (Å²) in [4.78, 5) is 18.6. The van der Waals surface area contributed by atoms with Gasteiger partial charge in [-0.15, -0.1) is 0 Å². The van der Waals surface area contributed by atoms with Crippen LogP contribution in [0.2, 0.25) is 0 Å². The third-order valence-electron chi connectivity index (χ3n) is 3.82. The SMILES string of the molecule is Cc1ccc(N(Cc2cccnc2)C(=O)COc2ccccc2)cc1. The number of aryl methyl sites for hydroxylation is 1. The first-order chi connectivity index (χ1) is 12.2. The van der Waals surface area contributed by atoms with Gasteiger partial charge in [0.2, 0.25) is 0 Å². The van der Waals surface area contributed by atoms with Crippen LogP contribution in [-0.4, -0.2) is 17.5 Å². The second kappa shape index (κ2) is 8.11. The number of rotatable bonds is 6. The summed E-state index contributed by atoms with van der Waals surface area (Å²) >= 11 is 0. The number of anilines is 1. The molecule has 1 amide bonds. The molecule has 2 aromatic carbocycles. The molecule has 0 radical (unpaired) electrons. The highest BCUT2D eigenvalue weighted by molar-refractivity contribution is 5.94. The topological polar surface area (TPSA) is 42.4 Å². The molecule has 0 spiro atoms. The van der Waals surface area contributed by atoms with Gasteiger partial charge in [0.1, 0.15) is 5.75 Å². The molecule has 1 heterocycles. The van der Waals surface area contributed by atoms with Gasteiger partial charge in [-0.05, 0) is 42.8 Å². The van der Waals surface area contributed by atoms with Gasteiger partial charge in [-0.1, -0.05) is 42.0 Å². The lowest BCUT2D eigenvalue weighted by molar-refractivity contribution is -0.120. The maximum atomic E-state index is 12.8. The molecule has 0 saturated heterocycles. The van der Waals surface area contributed by atoms with Gasteiger partial charge >= 0.3 is 0 Å². The second-order valence-corrected chi connectivity index (χ2v) is 5.78. The van der Waals surface area contributed by atoms with Gasteiger partial charge in [-0.25, -0.2) is 0 Å². The Hall–Kier alpha value is -3.14. The van der Waals surface area contributed by atoms with Gasteiger partial charge < -0.3 is 9.64 Å². The molecule has 4 heteroatoms. The van der Waals surface area contributed by atoms with Crippen molar-refractivity contribution in [3.8, 4) is 5.75 Å². The molecule has 0 atom stereocenters. The maximum Gasteiger partial charge on any atom is 0.265 e. The molecule has 0 aliphatic carbocycles. The average molecular weight is 332 g/mol. The van der Waals surface area contributed by atoms with Crippen LogP contribution in [0.25, 0.3) is 0 Å². The number of hydrogen-bond donors (Lipinski definition) is 0. The number of para-hydroxylation sites is 1. The highest BCUT2D eigenvalue weighted by Crippen LogP contribution is 2.19. The van der Waals surface area contributed by atoms with E-state index in [2.05, 4.69) is 4.98 Å². The first kappa shape index (κ1) is 16.7. The predicted molar refractivity (Wildman–Crippen MR) is 98.5 cm³/mol. The smallest absolute Gasteiger partial charge is 0.265 e. The fraction of sp³-hybridized carbons (Fsp3) is 0.143. The Morgan fingerprint density at radius 2 is 1.76 bits per heavy atom. The highest BCUT2D eigenvalue weighted by Gasteiger charge is 2.17. The molecule has 25 heavy (non-hydrogen) atoms. The number of carbonyl (C=O) groups is 1. The van der Waals surface area contributed by atoms with Crippen molar-refractivity contribution >= 4 is 11.6 Å². The molecule has 0 saturated carbocycles. The van der Waals surface area contributed by atoms with Crippen LogP contribution in [0.1, 0.15) is 11.1 Å². The Morgan fingerprint density at radius 3 is 2.44 bits per heavy atom. The van der Waals surface area contributed by atoms with Crippen molar-refractivity contribution in [1.29, 1.82) is 0 Å². The Bertz CT molecular complexity index is 802. The molecule has 0 bridgehead atoms. The summed E-state index contributed by atoms with van der Waals surface area (Å²) in [6.45, 7) is 2.46. The first-order valence-corrected chi connectivity index (χ1v) is 8.16. The molecule has 126 valence electrons. The van der Waals surface area contributed by atoms with Crippen LogP contribution in [0.3, 0.4) is 0 Å². The summed E-state index contributed by atoms with van der Waals surface area (Å²) in [5.41, 5.74) is 2.96. The minimum atomic E-state index is -0.100. The summed E-state index contributed by atoms with van der Waals surface area (Å²) in [5.74, 6) is 0.581. The second-order valence-electron chi connectivity index (χ2n) is 5.78. The number of benzene rings is 2. The highest BCUT2D eigenvalue weighted by atomic mass is 16.5. The van der Waals surface area contributed by atoms with Crippen molar-refractivity contribution in [2.45, 2.75) is 13.5 Å². The zero-order valence-electron chi connectivity index (χ0n) is 14.1. The zero-order chi connectivity index (χ0) is 17.5. The fourth-order valence-corrected chi connectivity index (χ4v) is 2.46. The predicted octanol–water partition coefficient (Wildman–Crippen LogP) is 4.00.